The third-order valence-electron chi connectivity index (χ3n) is 7.42. The summed E-state index contributed by atoms with van der Waals surface area (Å²) in [4.78, 5) is 4.78. The van der Waals surface area contributed by atoms with E-state index in [2.05, 4.69) is 56.4 Å². The second kappa shape index (κ2) is 13.7. The van der Waals surface area contributed by atoms with Crippen LogP contribution in [-0.2, 0) is 12.8 Å². The second-order valence-electron chi connectivity index (χ2n) is 9.98. The van der Waals surface area contributed by atoms with Crippen molar-refractivity contribution in [2.24, 2.45) is 11.8 Å². The maximum absolute atomic E-state index is 4.78. The van der Waals surface area contributed by atoms with Crippen LogP contribution in [0.1, 0.15) is 108 Å². The molecule has 2 aromatic rings. The Morgan fingerprint density at radius 2 is 1.29 bits per heavy atom. The van der Waals surface area contributed by atoms with Gasteiger partial charge in [-0.05, 0) is 54.7 Å². The largest absolute Gasteiger partial charge is 0.256 e. The van der Waals surface area contributed by atoms with Crippen LogP contribution in [0.4, 0.5) is 0 Å². The first-order valence-corrected chi connectivity index (χ1v) is 13.3. The summed E-state index contributed by atoms with van der Waals surface area (Å²) in [6.07, 6.45) is 22.8. The van der Waals surface area contributed by atoms with Crippen LogP contribution >= 0.6 is 0 Å². The number of hydrogen-bond acceptors (Lipinski definition) is 1. The van der Waals surface area contributed by atoms with Crippen molar-refractivity contribution in [1.82, 2.24) is 4.98 Å². The summed E-state index contributed by atoms with van der Waals surface area (Å²) in [5.74, 6) is 1.96. The summed E-state index contributed by atoms with van der Waals surface area (Å²) in [5, 5.41) is 0. The van der Waals surface area contributed by atoms with Gasteiger partial charge in [0.15, 0.2) is 0 Å². The van der Waals surface area contributed by atoms with E-state index in [1.165, 1.54) is 113 Å². The van der Waals surface area contributed by atoms with Crippen LogP contribution in [0.2, 0.25) is 0 Å². The van der Waals surface area contributed by atoms with Gasteiger partial charge in [-0.15, -0.1) is 0 Å². The fraction of sp³-hybridized carbons (Fsp3) is 0.633. The van der Waals surface area contributed by atoms with Crippen LogP contribution < -0.4 is 0 Å². The fourth-order valence-electron chi connectivity index (χ4n) is 5.20. The third kappa shape index (κ3) is 8.43. The number of aromatic nitrogens is 1. The Bertz CT molecular complexity index is 707. The van der Waals surface area contributed by atoms with Crippen LogP contribution in [0, 0.1) is 11.8 Å². The molecule has 31 heavy (non-hydrogen) atoms. The van der Waals surface area contributed by atoms with Gasteiger partial charge in [0.2, 0.25) is 0 Å². The molecule has 170 valence electrons. The van der Waals surface area contributed by atoms with Crippen LogP contribution in [0.25, 0.3) is 11.3 Å². The monoisotopic (exact) mass is 419 g/mol. The molecule has 1 aliphatic rings. The standard InChI is InChI=1S/C30H45N/c1-3-5-7-9-11-25-12-14-27(15-13-25)16-17-28-20-23-30(31-24-28)29-21-18-26(19-22-29)10-8-6-4-2/h18-25,27H,3-17H2,1-2H3/t25-,27-. The Morgan fingerprint density at radius 3 is 1.94 bits per heavy atom. The molecular formula is C30H45N. The van der Waals surface area contributed by atoms with E-state index in [9.17, 15) is 0 Å². The maximum atomic E-state index is 4.78. The summed E-state index contributed by atoms with van der Waals surface area (Å²) >= 11 is 0. The summed E-state index contributed by atoms with van der Waals surface area (Å²) in [7, 11) is 0. The molecule has 1 heterocycles. The molecule has 1 fully saturated rings. The SMILES string of the molecule is CCCCCC[C@H]1CC[C@H](CCc2ccc(-c3ccc(CCCCC)cc3)nc2)CC1. The summed E-state index contributed by atoms with van der Waals surface area (Å²) in [5.41, 5.74) is 5.20. The fourth-order valence-corrected chi connectivity index (χ4v) is 5.20. The van der Waals surface area contributed by atoms with E-state index >= 15 is 0 Å². The van der Waals surface area contributed by atoms with Gasteiger partial charge in [-0.3, -0.25) is 4.98 Å². The number of unbranched alkanes of at least 4 members (excludes halogenated alkanes) is 5. The number of hydrogen-bond donors (Lipinski definition) is 0. The Hall–Kier alpha value is -1.63. The van der Waals surface area contributed by atoms with E-state index in [4.69, 9.17) is 4.98 Å². The van der Waals surface area contributed by atoms with Crippen molar-refractivity contribution in [3.8, 4) is 11.3 Å². The summed E-state index contributed by atoms with van der Waals surface area (Å²) in [6.45, 7) is 4.57. The highest BCUT2D eigenvalue weighted by Gasteiger charge is 2.20. The lowest BCUT2D eigenvalue weighted by molar-refractivity contribution is 0.249. The average Bonchev–Trinajstić information content (AvgIpc) is 2.82. The zero-order chi connectivity index (χ0) is 21.7. The molecule has 0 amide bonds. The van der Waals surface area contributed by atoms with Crippen molar-refractivity contribution in [3.05, 3.63) is 53.7 Å². The zero-order valence-corrected chi connectivity index (χ0v) is 20.2. The van der Waals surface area contributed by atoms with Gasteiger partial charge in [0.05, 0.1) is 5.69 Å². The smallest absolute Gasteiger partial charge is 0.0702 e. The van der Waals surface area contributed by atoms with Gasteiger partial charge in [0.25, 0.3) is 0 Å². The Morgan fingerprint density at radius 1 is 0.645 bits per heavy atom. The molecule has 0 radical (unpaired) electrons. The minimum Gasteiger partial charge on any atom is -0.256 e. The molecule has 1 aromatic heterocycles. The van der Waals surface area contributed by atoms with Crippen molar-refractivity contribution in [1.29, 1.82) is 0 Å². The third-order valence-corrected chi connectivity index (χ3v) is 7.42. The lowest BCUT2D eigenvalue weighted by Crippen LogP contribution is -2.15. The quantitative estimate of drug-likeness (QED) is 0.295. The molecule has 1 aliphatic carbocycles. The molecule has 0 spiro atoms. The Balaban J connectivity index is 1.38. The van der Waals surface area contributed by atoms with E-state index in [1.807, 2.05) is 0 Å². The molecule has 1 nitrogen and oxygen atoms in total. The molecular weight excluding hydrogens is 374 g/mol. The van der Waals surface area contributed by atoms with Crippen LogP contribution in [-0.4, -0.2) is 4.98 Å². The number of aryl methyl sites for hydroxylation is 2. The topological polar surface area (TPSA) is 12.9 Å². The highest BCUT2D eigenvalue weighted by molar-refractivity contribution is 5.59. The highest BCUT2D eigenvalue weighted by atomic mass is 14.7. The molecule has 0 saturated heterocycles. The van der Waals surface area contributed by atoms with Gasteiger partial charge in [-0.25, -0.2) is 0 Å². The van der Waals surface area contributed by atoms with Gasteiger partial charge in [-0.2, -0.15) is 0 Å². The lowest BCUT2D eigenvalue weighted by atomic mass is 9.78. The maximum Gasteiger partial charge on any atom is 0.0702 e. The first-order chi connectivity index (χ1) is 15.3. The Labute approximate surface area is 192 Å². The van der Waals surface area contributed by atoms with Crippen molar-refractivity contribution < 1.29 is 0 Å². The van der Waals surface area contributed by atoms with E-state index in [-0.39, 0.29) is 0 Å². The van der Waals surface area contributed by atoms with Crippen molar-refractivity contribution in [3.63, 3.8) is 0 Å². The molecule has 0 N–H and O–H groups in total. The minimum absolute atomic E-state index is 0.937. The second-order valence-corrected chi connectivity index (χ2v) is 9.98. The van der Waals surface area contributed by atoms with Crippen LogP contribution in [0.5, 0.6) is 0 Å². The van der Waals surface area contributed by atoms with Crippen molar-refractivity contribution >= 4 is 0 Å². The van der Waals surface area contributed by atoms with Crippen LogP contribution in [0.15, 0.2) is 42.6 Å². The summed E-state index contributed by atoms with van der Waals surface area (Å²) in [6, 6.07) is 13.6. The zero-order valence-electron chi connectivity index (χ0n) is 20.2. The van der Waals surface area contributed by atoms with E-state index < -0.39 is 0 Å². The number of rotatable bonds is 13. The van der Waals surface area contributed by atoms with Gasteiger partial charge in [0.1, 0.15) is 0 Å². The first-order valence-electron chi connectivity index (χ1n) is 13.3. The lowest BCUT2D eigenvalue weighted by Gasteiger charge is -2.28. The molecule has 0 bridgehead atoms. The number of nitrogens with zero attached hydrogens (tertiary/aromatic N) is 1. The van der Waals surface area contributed by atoms with Crippen LogP contribution in [0.3, 0.4) is 0 Å². The molecule has 0 atom stereocenters. The molecule has 1 aromatic carbocycles. The van der Waals surface area contributed by atoms with Gasteiger partial charge in [0, 0.05) is 11.8 Å². The average molecular weight is 420 g/mol. The minimum atomic E-state index is 0.937. The summed E-state index contributed by atoms with van der Waals surface area (Å²) < 4.78 is 0. The molecule has 3 rings (SSSR count). The number of pyridine rings is 1. The van der Waals surface area contributed by atoms with E-state index in [0.717, 1.165) is 17.5 Å². The number of benzene rings is 1. The molecule has 0 aliphatic heterocycles. The molecule has 1 saturated carbocycles. The predicted octanol–water partition coefficient (Wildman–Crippen LogP) is 9.19. The van der Waals surface area contributed by atoms with Gasteiger partial charge < -0.3 is 0 Å². The predicted molar refractivity (Wildman–Crippen MR) is 135 cm³/mol. The van der Waals surface area contributed by atoms with Crippen molar-refractivity contribution in [2.45, 2.75) is 110 Å². The van der Waals surface area contributed by atoms with E-state index in [1.54, 1.807) is 0 Å². The normalized spacial score (nSPS) is 18.9. The highest BCUT2D eigenvalue weighted by Crippen LogP contribution is 2.34. The molecule has 1 heteroatoms. The molecule has 0 unspecified atom stereocenters. The van der Waals surface area contributed by atoms with Gasteiger partial charge in [-0.1, -0.05) is 115 Å². The first kappa shape index (κ1) is 24.0. The Kier molecular flexibility index (Phi) is 10.6. The van der Waals surface area contributed by atoms with Gasteiger partial charge >= 0.3 is 0 Å². The van der Waals surface area contributed by atoms with E-state index in [0.29, 0.717) is 0 Å². The van der Waals surface area contributed by atoms with Crippen molar-refractivity contribution in [2.75, 3.05) is 0 Å².